The second-order valence-corrected chi connectivity index (χ2v) is 7.23. The highest BCUT2D eigenvalue weighted by molar-refractivity contribution is 5.77. The van der Waals surface area contributed by atoms with E-state index >= 15 is 0 Å². The molecule has 3 heterocycles. The van der Waals surface area contributed by atoms with E-state index in [9.17, 15) is 4.79 Å². The molecule has 3 aromatic rings. The van der Waals surface area contributed by atoms with Crippen molar-refractivity contribution in [2.24, 2.45) is 0 Å². The van der Waals surface area contributed by atoms with Crippen LogP contribution in [0.15, 0.2) is 48.8 Å². The number of carbonyl (C=O) groups excluding carboxylic acids is 1. The number of methoxy groups -OCH3 is 1. The van der Waals surface area contributed by atoms with Gasteiger partial charge in [-0.25, -0.2) is 4.98 Å². The van der Waals surface area contributed by atoms with Crippen LogP contribution in [0.3, 0.4) is 0 Å². The summed E-state index contributed by atoms with van der Waals surface area (Å²) in [4.78, 5) is 23.7. The summed E-state index contributed by atoms with van der Waals surface area (Å²) in [5.41, 5.74) is 2.04. The molecule has 1 atom stereocenters. The molecule has 0 bridgehead atoms. The quantitative estimate of drug-likeness (QED) is 0.695. The highest BCUT2D eigenvalue weighted by atomic mass is 16.5. The largest absolute Gasteiger partial charge is 0.497 e. The van der Waals surface area contributed by atoms with Crippen LogP contribution in [0.5, 0.6) is 5.75 Å². The fourth-order valence-electron chi connectivity index (χ4n) is 3.75. The van der Waals surface area contributed by atoms with Crippen LogP contribution < -0.4 is 4.74 Å². The minimum absolute atomic E-state index is 0.0461. The molecule has 1 aromatic carbocycles. The summed E-state index contributed by atoms with van der Waals surface area (Å²) in [6.45, 7) is 0.761. The van der Waals surface area contributed by atoms with Gasteiger partial charge in [0.1, 0.15) is 11.6 Å². The van der Waals surface area contributed by atoms with Crippen LogP contribution in [0, 0.1) is 0 Å². The van der Waals surface area contributed by atoms with Crippen molar-refractivity contribution < 1.29 is 9.53 Å². The number of ether oxygens (including phenoxy) is 1. The highest BCUT2D eigenvalue weighted by Gasteiger charge is 2.30. The van der Waals surface area contributed by atoms with Crippen molar-refractivity contribution in [2.45, 2.75) is 38.1 Å². The summed E-state index contributed by atoms with van der Waals surface area (Å²) in [5, 5.41) is 7.41. The molecule has 0 aliphatic carbocycles. The molecule has 1 N–H and O–H groups in total. The first kappa shape index (κ1) is 19.1. The van der Waals surface area contributed by atoms with E-state index in [1.807, 2.05) is 41.3 Å². The van der Waals surface area contributed by atoms with Crippen LogP contribution in [0.2, 0.25) is 0 Å². The maximum absolute atomic E-state index is 13.0. The standard InChI is InChI=1S/C22H25N5O2/c1-29-18-8-5-16(6-9-18)7-10-20(28)27-15-3-2-4-19(27)22-24-21(25-26-22)17-11-13-23-14-12-17/h5-6,8-9,11-14,19H,2-4,7,10,15H2,1H3,(H,24,25,26). The summed E-state index contributed by atoms with van der Waals surface area (Å²) in [5.74, 6) is 2.38. The van der Waals surface area contributed by atoms with E-state index in [1.165, 1.54) is 0 Å². The molecule has 1 saturated heterocycles. The average molecular weight is 391 g/mol. The summed E-state index contributed by atoms with van der Waals surface area (Å²) >= 11 is 0. The van der Waals surface area contributed by atoms with E-state index < -0.39 is 0 Å². The van der Waals surface area contributed by atoms with Gasteiger partial charge in [0.2, 0.25) is 5.91 Å². The molecular formula is C22H25N5O2. The van der Waals surface area contributed by atoms with Gasteiger partial charge in [-0.1, -0.05) is 12.1 Å². The van der Waals surface area contributed by atoms with Gasteiger partial charge in [-0.3, -0.25) is 14.9 Å². The number of rotatable bonds is 6. The third-order valence-electron chi connectivity index (χ3n) is 5.37. The molecule has 150 valence electrons. The molecular weight excluding hydrogens is 366 g/mol. The van der Waals surface area contributed by atoms with Crippen molar-refractivity contribution in [1.82, 2.24) is 25.1 Å². The van der Waals surface area contributed by atoms with Crippen LogP contribution in [-0.4, -0.2) is 44.6 Å². The summed E-state index contributed by atoms with van der Waals surface area (Å²) < 4.78 is 5.19. The zero-order chi connectivity index (χ0) is 20.1. The molecule has 1 unspecified atom stereocenters. The van der Waals surface area contributed by atoms with Crippen molar-refractivity contribution in [3.63, 3.8) is 0 Å². The number of likely N-dealkylation sites (tertiary alicyclic amines) is 1. The summed E-state index contributed by atoms with van der Waals surface area (Å²) in [7, 11) is 1.65. The van der Waals surface area contributed by atoms with Gasteiger partial charge in [-0.05, 0) is 55.5 Å². The first-order valence-electron chi connectivity index (χ1n) is 9.99. The predicted octanol–water partition coefficient (Wildman–Crippen LogP) is 3.56. The zero-order valence-corrected chi connectivity index (χ0v) is 16.5. The lowest BCUT2D eigenvalue weighted by Gasteiger charge is -2.34. The van der Waals surface area contributed by atoms with Gasteiger partial charge in [-0.15, -0.1) is 0 Å². The number of aromatic amines is 1. The number of hydrogen-bond donors (Lipinski definition) is 1. The number of H-pyrrole nitrogens is 1. The highest BCUT2D eigenvalue weighted by Crippen LogP contribution is 2.30. The molecule has 7 heteroatoms. The average Bonchev–Trinajstić information content (AvgIpc) is 3.28. The minimum atomic E-state index is -0.0461. The Bertz CT molecular complexity index is 939. The second-order valence-electron chi connectivity index (χ2n) is 7.23. The second kappa shape index (κ2) is 8.86. The normalized spacial score (nSPS) is 16.6. The van der Waals surface area contributed by atoms with Gasteiger partial charge in [0.25, 0.3) is 0 Å². The monoisotopic (exact) mass is 391 g/mol. The van der Waals surface area contributed by atoms with E-state index in [0.717, 1.165) is 48.5 Å². The molecule has 1 aliphatic rings. The number of nitrogens with zero attached hydrogens (tertiary/aromatic N) is 4. The molecule has 1 aliphatic heterocycles. The van der Waals surface area contributed by atoms with Crippen molar-refractivity contribution in [3.8, 4) is 17.1 Å². The van der Waals surface area contributed by atoms with E-state index in [2.05, 4.69) is 20.2 Å². The molecule has 2 aromatic heterocycles. The Morgan fingerprint density at radius 1 is 1.17 bits per heavy atom. The number of nitrogens with one attached hydrogen (secondary N) is 1. The van der Waals surface area contributed by atoms with Crippen LogP contribution in [0.25, 0.3) is 11.4 Å². The zero-order valence-electron chi connectivity index (χ0n) is 16.5. The van der Waals surface area contributed by atoms with Gasteiger partial charge in [0.15, 0.2) is 5.82 Å². The third kappa shape index (κ3) is 4.45. The number of aromatic nitrogens is 4. The Kier molecular flexibility index (Phi) is 5.84. The minimum Gasteiger partial charge on any atom is -0.497 e. The fourth-order valence-corrected chi connectivity index (χ4v) is 3.75. The maximum Gasteiger partial charge on any atom is 0.223 e. The topological polar surface area (TPSA) is 84.0 Å². The maximum atomic E-state index is 13.0. The number of amides is 1. The number of hydrogen-bond acceptors (Lipinski definition) is 5. The van der Waals surface area contributed by atoms with Gasteiger partial charge >= 0.3 is 0 Å². The molecule has 29 heavy (non-hydrogen) atoms. The Labute approximate surface area is 170 Å². The van der Waals surface area contributed by atoms with Crippen molar-refractivity contribution >= 4 is 5.91 Å². The lowest BCUT2D eigenvalue weighted by atomic mass is 10.00. The fraction of sp³-hybridized carbons (Fsp3) is 0.364. The van der Waals surface area contributed by atoms with Gasteiger partial charge in [0, 0.05) is 30.9 Å². The van der Waals surface area contributed by atoms with Crippen LogP contribution >= 0.6 is 0 Å². The van der Waals surface area contributed by atoms with Gasteiger partial charge in [-0.2, -0.15) is 5.10 Å². The molecule has 0 radical (unpaired) electrons. The molecule has 4 rings (SSSR count). The molecule has 7 nitrogen and oxygen atoms in total. The molecule has 1 amide bonds. The van der Waals surface area contributed by atoms with E-state index in [-0.39, 0.29) is 11.9 Å². The Hall–Kier alpha value is -3.22. The van der Waals surface area contributed by atoms with Crippen molar-refractivity contribution in [3.05, 3.63) is 60.2 Å². The lowest BCUT2D eigenvalue weighted by molar-refractivity contribution is -0.135. The SMILES string of the molecule is COc1ccc(CCC(=O)N2CCCCC2c2nc(-c3ccncc3)n[nH]2)cc1. The van der Waals surface area contributed by atoms with Crippen LogP contribution in [0.4, 0.5) is 0 Å². The van der Waals surface area contributed by atoms with E-state index in [0.29, 0.717) is 18.7 Å². The van der Waals surface area contributed by atoms with Crippen LogP contribution in [0.1, 0.15) is 43.1 Å². The Balaban J connectivity index is 1.44. The van der Waals surface area contributed by atoms with Gasteiger partial charge < -0.3 is 9.64 Å². The van der Waals surface area contributed by atoms with Crippen molar-refractivity contribution in [2.75, 3.05) is 13.7 Å². The summed E-state index contributed by atoms with van der Waals surface area (Å²) in [6.07, 6.45) is 7.65. The van der Waals surface area contributed by atoms with Crippen molar-refractivity contribution in [1.29, 1.82) is 0 Å². The number of aryl methyl sites for hydroxylation is 1. The number of benzene rings is 1. The number of pyridine rings is 1. The van der Waals surface area contributed by atoms with Crippen LogP contribution in [-0.2, 0) is 11.2 Å². The lowest BCUT2D eigenvalue weighted by Crippen LogP contribution is -2.39. The Morgan fingerprint density at radius 2 is 1.97 bits per heavy atom. The van der Waals surface area contributed by atoms with E-state index in [4.69, 9.17) is 4.74 Å². The third-order valence-corrected chi connectivity index (χ3v) is 5.37. The first-order valence-corrected chi connectivity index (χ1v) is 9.99. The van der Waals surface area contributed by atoms with E-state index in [1.54, 1.807) is 19.5 Å². The first-order chi connectivity index (χ1) is 14.2. The number of piperidine rings is 1. The van der Waals surface area contributed by atoms with Gasteiger partial charge in [0.05, 0.1) is 13.2 Å². The number of carbonyl (C=O) groups is 1. The smallest absolute Gasteiger partial charge is 0.223 e. The molecule has 0 saturated carbocycles. The summed E-state index contributed by atoms with van der Waals surface area (Å²) in [6, 6.07) is 11.6. The molecule has 0 spiro atoms. The molecule has 1 fully saturated rings. The Morgan fingerprint density at radius 3 is 2.72 bits per heavy atom. The predicted molar refractivity (Wildman–Crippen MR) is 109 cm³/mol.